The Labute approximate surface area is 195 Å². The molecule has 0 fully saturated rings. The van der Waals surface area contributed by atoms with E-state index in [1.54, 1.807) is 0 Å². The standard InChI is InChI=1S/C28H21N5O/c29-27-26-28(31-15-30-27)33(16-32-26)14-13-21-24-19-7-3-1-5-17(19)9-11-22(24)34-23-12-10-18-6-2-4-8-20(18)25(21)23/h1-12,15-16,21H,13-14H2,(H2,29,30,31). The number of aromatic nitrogens is 4. The quantitative estimate of drug-likeness (QED) is 0.361. The number of rotatable bonds is 3. The zero-order valence-electron chi connectivity index (χ0n) is 18.3. The minimum atomic E-state index is 0.146. The number of imidazole rings is 1. The lowest BCUT2D eigenvalue weighted by Gasteiger charge is -2.31. The molecule has 1 aliphatic rings. The van der Waals surface area contributed by atoms with Gasteiger partial charge in [0.25, 0.3) is 0 Å². The van der Waals surface area contributed by atoms with Crippen molar-refractivity contribution in [1.82, 2.24) is 19.5 Å². The molecule has 4 aromatic carbocycles. The van der Waals surface area contributed by atoms with Gasteiger partial charge in [-0.05, 0) is 40.1 Å². The summed E-state index contributed by atoms with van der Waals surface area (Å²) in [5, 5.41) is 4.88. The highest BCUT2D eigenvalue weighted by atomic mass is 16.5. The molecule has 2 aromatic heterocycles. The average Bonchev–Trinajstić information content (AvgIpc) is 3.30. The van der Waals surface area contributed by atoms with Crippen molar-refractivity contribution in [2.45, 2.75) is 18.9 Å². The number of nitrogens with two attached hydrogens (primary N) is 1. The summed E-state index contributed by atoms with van der Waals surface area (Å²) in [6.45, 7) is 0.739. The van der Waals surface area contributed by atoms with Gasteiger partial charge in [-0.2, -0.15) is 0 Å². The summed E-state index contributed by atoms with van der Waals surface area (Å²) in [6.07, 6.45) is 4.17. The van der Waals surface area contributed by atoms with Gasteiger partial charge in [-0.25, -0.2) is 15.0 Å². The predicted molar refractivity (Wildman–Crippen MR) is 134 cm³/mol. The number of fused-ring (bicyclic) bond motifs is 7. The molecule has 0 unspecified atom stereocenters. The number of hydrogen-bond acceptors (Lipinski definition) is 5. The Morgan fingerprint density at radius 1 is 0.765 bits per heavy atom. The fraction of sp³-hybridized carbons (Fsp3) is 0.107. The molecular weight excluding hydrogens is 422 g/mol. The summed E-state index contributed by atoms with van der Waals surface area (Å²) >= 11 is 0. The van der Waals surface area contributed by atoms with Gasteiger partial charge in [-0.1, -0.05) is 60.7 Å². The number of nitrogen functional groups attached to an aromatic ring is 1. The van der Waals surface area contributed by atoms with Gasteiger partial charge < -0.3 is 15.0 Å². The van der Waals surface area contributed by atoms with Crippen LogP contribution in [0.4, 0.5) is 5.82 Å². The van der Waals surface area contributed by atoms with Crippen molar-refractivity contribution in [3.05, 3.63) is 96.6 Å². The normalized spacial score (nSPS) is 13.2. The molecule has 0 radical (unpaired) electrons. The molecule has 0 aliphatic carbocycles. The Morgan fingerprint density at radius 2 is 1.41 bits per heavy atom. The Morgan fingerprint density at radius 3 is 2.09 bits per heavy atom. The highest BCUT2D eigenvalue weighted by Crippen LogP contribution is 2.51. The minimum Gasteiger partial charge on any atom is -0.457 e. The third kappa shape index (κ3) is 2.78. The van der Waals surface area contributed by atoms with Gasteiger partial charge in [0, 0.05) is 23.6 Å². The monoisotopic (exact) mass is 443 g/mol. The maximum Gasteiger partial charge on any atom is 0.165 e. The van der Waals surface area contributed by atoms with Crippen LogP contribution in [0.25, 0.3) is 32.7 Å². The molecule has 6 nitrogen and oxygen atoms in total. The first kappa shape index (κ1) is 19.1. The maximum atomic E-state index is 6.49. The SMILES string of the molecule is Nc1ncnc2c1ncn2CCC1c2c(ccc3ccccc23)Oc2ccc3ccccc3c21. The Kier molecular flexibility index (Phi) is 4.08. The van der Waals surface area contributed by atoms with Crippen LogP contribution in [0.2, 0.25) is 0 Å². The number of benzene rings is 4. The van der Waals surface area contributed by atoms with E-state index in [0.717, 1.165) is 30.1 Å². The first-order valence-corrected chi connectivity index (χ1v) is 11.4. The van der Waals surface area contributed by atoms with Crippen molar-refractivity contribution in [1.29, 1.82) is 0 Å². The fourth-order valence-electron chi connectivity index (χ4n) is 5.33. The third-order valence-corrected chi connectivity index (χ3v) is 6.87. The molecule has 0 saturated heterocycles. The lowest BCUT2D eigenvalue weighted by atomic mass is 9.80. The zero-order chi connectivity index (χ0) is 22.6. The number of nitrogens with zero attached hydrogens (tertiary/aromatic N) is 4. The highest BCUT2D eigenvalue weighted by molar-refractivity contribution is 5.94. The molecule has 7 rings (SSSR count). The molecule has 6 heteroatoms. The van der Waals surface area contributed by atoms with Crippen LogP contribution in [-0.4, -0.2) is 19.5 Å². The van der Waals surface area contributed by atoms with Crippen LogP contribution in [0.15, 0.2) is 85.5 Å². The van der Waals surface area contributed by atoms with Crippen molar-refractivity contribution < 1.29 is 4.74 Å². The summed E-state index contributed by atoms with van der Waals surface area (Å²) in [5.74, 6) is 2.40. The number of aryl methyl sites for hydroxylation is 1. The van der Waals surface area contributed by atoms with Gasteiger partial charge >= 0.3 is 0 Å². The van der Waals surface area contributed by atoms with Gasteiger partial charge in [0.05, 0.1) is 6.33 Å². The Balaban J connectivity index is 1.42. The first-order chi connectivity index (χ1) is 16.8. The minimum absolute atomic E-state index is 0.146. The van der Waals surface area contributed by atoms with Crippen molar-refractivity contribution in [2.24, 2.45) is 0 Å². The summed E-state index contributed by atoms with van der Waals surface area (Å²) in [6, 6.07) is 25.6. The zero-order valence-corrected chi connectivity index (χ0v) is 18.3. The van der Waals surface area contributed by atoms with Crippen LogP contribution in [0.5, 0.6) is 11.5 Å². The third-order valence-electron chi connectivity index (χ3n) is 6.87. The van der Waals surface area contributed by atoms with E-state index in [9.17, 15) is 0 Å². The average molecular weight is 444 g/mol. The second-order valence-electron chi connectivity index (χ2n) is 8.71. The lowest BCUT2D eigenvalue weighted by Crippen LogP contribution is -2.14. The topological polar surface area (TPSA) is 78.9 Å². The van der Waals surface area contributed by atoms with E-state index >= 15 is 0 Å². The van der Waals surface area contributed by atoms with Gasteiger partial charge in [0.2, 0.25) is 0 Å². The summed E-state index contributed by atoms with van der Waals surface area (Å²) < 4.78 is 8.56. The number of ether oxygens (including phenoxy) is 1. The van der Waals surface area contributed by atoms with Crippen LogP contribution < -0.4 is 10.5 Å². The van der Waals surface area contributed by atoms with E-state index in [0.29, 0.717) is 11.3 Å². The van der Waals surface area contributed by atoms with Crippen molar-refractivity contribution in [3.63, 3.8) is 0 Å². The first-order valence-electron chi connectivity index (χ1n) is 11.4. The van der Waals surface area contributed by atoms with Crippen LogP contribution in [0.1, 0.15) is 23.5 Å². The van der Waals surface area contributed by atoms with E-state index in [2.05, 4.69) is 92.3 Å². The van der Waals surface area contributed by atoms with Gasteiger partial charge in [0.15, 0.2) is 11.5 Å². The molecule has 0 amide bonds. The molecule has 34 heavy (non-hydrogen) atoms. The smallest absolute Gasteiger partial charge is 0.165 e. The van der Waals surface area contributed by atoms with E-state index in [-0.39, 0.29) is 5.92 Å². The van der Waals surface area contributed by atoms with Crippen LogP contribution >= 0.6 is 0 Å². The summed E-state index contributed by atoms with van der Waals surface area (Å²) in [4.78, 5) is 13.0. The second kappa shape index (κ2) is 7.28. The maximum absolute atomic E-state index is 6.49. The van der Waals surface area contributed by atoms with Gasteiger partial charge in [-0.3, -0.25) is 0 Å². The lowest BCUT2D eigenvalue weighted by molar-refractivity contribution is 0.439. The van der Waals surface area contributed by atoms with Crippen molar-refractivity contribution in [2.75, 3.05) is 5.73 Å². The summed E-state index contributed by atoms with van der Waals surface area (Å²) in [7, 11) is 0. The molecule has 6 aromatic rings. The molecule has 0 saturated carbocycles. The summed E-state index contributed by atoms with van der Waals surface area (Å²) in [5.41, 5.74) is 9.89. The molecule has 0 bridgehead atoms. The van der Waals surface area contributed by atoms with Crippen LogP contribution in [0, 0.1) is 0 Å². The molecule has 3 heterocycles. The van der Waals surface area contributed by atoms with Crippen LogP contribution in [0.3, 0.4) is 0 Å². The van der Waals surface area contributed by atoms with Crippen molar-refractivity contribution in [3.8, 4) is 11.5 Å². The van der Waals surface area contributed by atoms with Crippen molar-refractivity contribution >= 4 is 38.5 Å². The van der Waals surface area contributed by atoms with Gasteiger partial charge in [0.1, 0.15) is 23.3 Å². The van der Waals surface area contributed by atoms with Gasteiger partial charge in [-0.15, -0.1) is 0 Å². The van der Waals surface area contributed by atoms with E-state index in [1.807, 2.05) is 6.33 Å². The van der Waals surface area contributed by atoms with E-state index in [1.165, 1.54) is 39.0 Å². The molecule has 0 atom stereocenters. The second-order valence-corrected chi connectivity index (χ2v) is 8.71. The Hall–Kier alpha value is -4.45. The molecule has 164 valence electrons. The Bertz CT molecular complexity index is 1640. The molecular formula is C28H21N5O. The number of hydrogen-bond donors (Lipinski definition) is 1. The van der Waals surface area contributed by atoms with E-state index in [4.69, 9.17) is 10.5 Å². The predicted octanol–water partition coefficient (Wildman–Crippen LogP) is 6.04. The largest absolute Gasteiger partial charge is 0.457 e. The van der Waals surface area contributed by atoms with Crippen LogP contribution in [-0.2, 0) is 6.54 Å². The molecule has 2 N–H and O–H groups in total. The molecule has 1 aliphatic heterocycles. The van der Waals surface area contributed by atoms with E-state index < -0.39 is 0 Å². The fourth-order valence-corrected chi connectivity index (χ4v) is 5.33. The molecule has 0 spiro atoms. The highest BCUT2D eigenvalue weighted by Gasteiger charge is 2.30. The number of anilines is 1.